The minimum Gasteiger partial charge on any atom is -0.299 e. The summed E-state index contributed by atoms with van der Waals surface area (Å²) in [5, 5.41) is 0.864. The van der Waals surface area contributed by atoms with Gasteiger partial charge in [0.05, 0.1) is 0 Å². The Kier molecular flexibility index (Phi) is 4.39. The number of rotatable bonds is 2. The molecule has 2 nitrogen and oxygen atoms in total. The number of fused-ring (bicyclic) bond motifs is 6. The average molecular weight is 357 g/mol. The van der Waals surface area contributed by atoms with Gasteiger partial charge in [0, 0.05) is 30.2 Å². The summed E-state index contributed by atoms with van der Waals surface area (Å²) in [5.41, 5.74) is 3.13. The van der Waals surface area contributed by atoms with E-state index in [4.69, 9.17) is 11.6 Å². The van der Waals surface area contributed by atoms with E-state index in [1.165, 1.54) is 63.7 Å². The number of hydrogen-bond acceptors (Lipinski definition) is 2. The van der Waals surface area contributed by atoms with Crippen LogP contribution in [0.15, 0.2) is 35.9 Å². The molecular weight excluding hydrogens is 328 g/mol. The molecule has 5 rings (SSSR count). The molecule has 0 radical (unpaired) electrons. The van der Waals surface area contributed by atoms with Crippen LogP contribution in [0.25, 0.3) is 0 Å². The minimum atomic E-state index is 0.673. The number of halogens is 1. The van der Waals surface area contributed by atoms with Crippen LogP contribution < -0.4 is 0 Å². The average Bonchev–Trinajstić information content (AvgIpc) is 2.62. The van der Waals surface area contributed by atoms with Gasteiger partial charge in [-0.3, -0.25) is 9.80 Å². The van der Waals surface area contributed by atoms with Crippen LogP contribution in [0.1, 0.15) is 44.1 Å². The van der Waals surface area contributed by atoms with E-state index in [0.29, 0.717) is 6.04 Å². The highest BCUT2D eigenvalue weighted by Gasteiger charge is 2.45. The summed E-state index contributed by atoms with van der Waals surface area (Å²) in [4.78, 5) is 5.59. The summed E-state index contributed by atoms with van der Waals surface area (Å²) < 4.78 is 0. The highest BCUT2D eigenvalue weighted by atomic mass is 35.5. The topological polar surface area (TPSA) is 6.48 Å². The van der Waals surface area contributed by atoms with Crippen molar-refractivity contribution in [2.75, 3.05) is 19.6 Å². The number of benzene rings is 1. The molecule has 3 aliphatic heterocycles. The van der Waals surface area contributed by atoms with E-state index in [1.54, 1.807) is 5.57 Å². The highest BCUT2D eigenvalue weighted by Crippen LogP contribution is 2.45. The van der Waals surface area contributed by atoms with Gasteiger partial charge in [-0.15, -0.1) is 0 Å². The fourth-order valence-electron chi connectivity index (χ4n) is 6.13. The van der Waals surface area contributed by atoms with Crippen molar-refractivity contribution < 1.29 is 0 Å². The van der Waals surface area contributed by atoms with Crippen molar-refractivity contribution in [1.82, 2.24) is 9.80 Å². The lowest BCUT2D eigenvalue weighted by Gasteiger charge is -2.54. The Bertz CT molecular complexity index is 670. The molecule has 0 aromatic heterocycles. The van der Waals surface area contributed by atoms with Crippen molar-refractivity contribution in [3.8, 4) is 0 Å². The molecule has 2 bridgehead atoms. The molecule has 25 heavy (non-hydrogen) atoms. The third-order valence-corrected chi connectivity index (χ3v) is 7.27. The summed E-state index contributed by atoms with van der Waals surface area (Å²) in [5.74, 6) is 1.66. The predicted molar refractivity (Wildman–Crippen MR) is 104 cm³/mol. The molecule has 1 aromatic carbocycles. The molecule has 4 aliphatic rings. The van der Waals surface area contributed by atoms with Gasteiger partial charge in [-0.2, -0.15) is 0 Å². The first-order valence-electron chi connectivity index (χ1n) is 10.2. The highest BCUT2D eigenvalue weighted by molar-refractivity contribution is 6.30. The Labute approximate surface area is 156 Å². The van der Waals surface area contributed by atoms with Crippen LogP contribution in [0.2, 0.25) is 5.02 Å². The number of piperidine rings is 3. The van der Waals surface area contributed by atoms with Crippen molar-refractivity contribution in [3.05, 3.63) is 46.5 Å². The summed E-state index contributed by atoms with van der Waals surface area (Å²) in [6.07, 6.45) is 11.1. The van der Waals surface area contributed by atoms with Crippen molar-refractivity contribution in [2.24, 2.45) is 11.8 Å². The molecule has 0 spiro atoms. The second kappa shape index (κ2) is 6.72. The van der Waals surface area contributed by atoms with Crippen LogP contribution in [-0.4, -0.2) is 41.5 Å². The Hall–Kier alpha value is -0.830. The zero-order chi connectivity index (χ0) is 16.8. The summed E-state index contributed by atoms with van der Waals surface area (Å²) in [6, 6.07) is 9.97. The molecule has 1 aliphatic carbocycles. The monoisotopic (exact) mass is 356 g/mol. The number of nitrogens with zero attached hydrogens (tertiary/aromatic N) is 2. The largest absolute Gasteiger partial charge is 0.299 e. The van der Waals surface area contributed by atoms with E-state index in [1.807, 2.05) is 6.07 Å². The third kappa shape index (κ3) is 3.07. The van der Waals surface area contributed by atoms with Gasteiger partial charge in [-0.05, 0) is 74.7 Å². The van der Waals surface area contributed by atoms with E-state index in [9.17, 15) is 0 Å². The van der Waals surface area contributed by atoms with Gasteiger partial charge in [0.15, 0.2) is 0 Å². The molecule has 1 aromatic rings. The fourth-order valence-corrected chi connectivity index (χ4v) is 6.34. The van der Waals surface area contributed by atoms with Gasteiger partial charge in [-0.1, -0.05) is 41.8 Å². The summed E-state index contributed by atoms with van der Waals surface area (Å²) in [7, 11) is 0. The minimum absolute atomic E-state index is 0.673. The second-order valence-electron chi connectivity index (χ2n) is 8.61. The zero-order valence-corrected chi connectivity index (χ0v) is 15.8. The first-order chi connectivity index (χ1) is 12.3. The molecule has 0 amide bonds. The van der Waals surface area contributed by atoms with E-state index in [2.05, 4.69) is 34.1 Å². The number of hydrogen-bond donors (Lipinski definition) is 0. The summed E-state index contributed by atoms with van der Waals surface area (Å²) in [6.45, 7) is 4.95. The van der Waals surface area contributed by atoms with Gasteiger partial charge in [0.2, 0.25) is 0 Å². The molecule has 134 valence electrons. The Morgan fingerprint density at radius 1 is 1.12 bits per heavy atom. The first-order valence-corrected chi connectivity index (χ1v) is 10.6. The molecule has 0 saturated carbocycles. The van der Waals surface area contributed by atoms with Crippen LogP contribution in [-0.2, 0) is 6.54 Å². The standard InChI is InChI=1S/C22H29ClN2/c23-20-7-3-5-16(11-20)14-25-10-4-6-17-12-18-13-19(22(17)25)15-24-9-2-1-8-21(18)24/h3,5,7,11-12,18-19,21-22H,1-2,4,6,8-10,13-15H2/t18?,19?,21-,22-/m1/s1. The van der Waals surface area contributed by atoms with Gasteiger partial charge >= 0.3 is 0 Å². The van der Waals surface area contributed by atoms with Crippen molar-refractivity contribution in [3.63, 3.8) is 0 Å². The number of likely N-dealkylation sites (tertiary alicyclic amines) is 1. The van der Waals surface area contributed by atoms with Crippen LogP contribution in [0.4, 0.5) is 0 Å². The second-order valence-corrected chi connectivity index (χ2v) is 9.04. The zero-order valence-electron chi connectivity index (χ0n) is 15.0. The van der Waals surface area contributed by atoms with Crippen LogP contribution >= 0.6 is 11.6 Å². The van der Waals surface area contributed by atoms with Crippen LogP contribution in [0.3, 0.4) is 0 Å². The van der Waals surface area contributed by atoms with Crippen LogP contribution in [0, 0.1) is 11.8 Å². The Morgan fingerprint density at radius 2 is 2.08 bits per heavy atom. The van der Waals surface area contributed by atoms with E-state index in [-0.39, 0.29) is 0 Å². The van der Waals surface area contributed by atoms with Gasteiger partial charge in [0.25, 0.3) is 0 Å². The summed E-state index contributed by atoms with van der Waals surface area (Å²) >= 11 is 6.22. The van der Waals surface area contributed by atoms with Crippen LogP contribution in [0.5, 0.6) is 0 Å². The molecule has 3 fully saturated rings. The van der Waals surface area contributed by atoms with E-state index in [0.717, 1.165) is 29.4 Å². The van der Waals surface area contributed by atoms with Gasteiger partial charge < -0.3 is 0 Å². The van der Waals surface area contributed by atoms with Gasteiger partial charge in [-0.25, -0.2) is 0 Å². The van der Waals surface area contributed by atoms with Crippen molar-refractivity contribution in [1.29, 1.82) is 0 Å². The maximum atomic E-state index is 6.22. The maximum Gasteiger partial charge on any atom is 0.0409 e. The van der Waals surface area contributed by atoms with E-state index < -0.39 is 0 Å². The first kappa shape index (κ1) is 16.4. The predicted octanol–water partition coefficient (Wildman–Crippen LogP) is 4.74. The normalized spacial score (nSPS) is 35.6. The van der Waals surface area contributed by atoms with Gasteiger partial charge in [0.1, 0.15) is 0 Å². The molecule has 0 N–H and O–H groups in total. The molecule has 3 heterocycles. The molecule has 4 atom stereocenters. The Morgan fingerprint density at radius 3 is 3.00 bits per heavy atom. The Balaban J connectivity index is 1.41. The molecule has 3 heteroatoms. The lowest BCUT2D eigenvalue weighted by molar-refractivity contribution is -0.00264. The SMILES string of the molecule is Clc1cccc(CN2CCCC3=CC4CC(CN5CCCC[C@H]45)[C@@H]32)c1. The fraction of sp³-hybridized carbons (Fsp3) is 0.636. The molecule has 2 unspecified atom stereocenters. The lowest BCUT2D eigenvalue weighted by Crippen LogP contribution is -2.58. The quantitative estimate of drug-likeness (QED) is 0.706. The van der Waals surface area contributed by atoms with Crippen molar-refractivity contribution in [2.45, 2.75) is 57.2 Å². The molecule has 3 saturated heterocycles. The van der Waals surface area contributed by atoms with Crippen molar-refractivity contribution >= 4 is 11.6 Å². The molecular formula is C22H29ClN2. The van der Waals surface area contributed by atoms with E-state index >= 15 is 0 Å². The smallest absolute Gasteiger partial charge is 0.0409 e. The maximum absolute atomic E-state index is 6.22. The third-order valence-electron chi connectivity index (χ3n) is 7.04. The lowest BCUT2D eigenvalue weighted by atomic mass is 9.68.